The molecule has 0 spiro atoms. The van der Waals surface area contributed by atoms with Gasteiger partial charge in [-0.25, -0.2) is 0 Å². The molecule has 2 aromatic heterocycles. The van der Waals surface area contributed by atoms with Gasteiger partial charge in [0.2, 0.25) is 0 Å². The van der Waals surface area contributed by atoms with Crippen molar-refractivity contribution in [3.63, 3.8) is 0 Å². The summed E-state index contributed by atoms with van der Waals surface area (Å²) in [6, 6.07) is 6.10. The number of nitrogens with zero attached hydrogens (tertiary/aromatic N) is 3. The molecule has 3 rings (SSSR count). The molecule has 0 radical (unpaired) electrons. The fraction of sp³-hybridized carbons (Fsp3) is 0.438. The van der Waals surface area contributed by atoms with Gasteiger partial charge >= 0.3 is 0 Å². The van der Waals surface area contributed by atoms with Gasteiger partial charge in [0, 0.05) is 37.2 Å². The van der Waals surface area contributed by atoms with E-state index in [1.807, 2.05) is 22.6 Å². The van der Waals surface area contributed by atoms with Crippen LogP contribution in [0.25, 0.3) is 0 Å². The number of anilines is 1. The third-order valence-corrected chi connectivity index (χ3v) is 4.43. The Labute approximate surface area is 125 Å². The topological polar surface area (TPSA) is 56.2 Å². The Morgan fingerprint density at radius 2 is 2.14 bits per heavy atom. The lowest BCUT2D eigenvalue weighted by atomic mass is 10.1. The van der Waals surface area contributed by atoms with Crippen LogP contribution in [0.2, 0.25) is 0 Å². The van der Waals surface area contributed by atoms with E-state index in [-0.39, 0.29) is 11.9 Å². The minimum absolute atomic E-state index is 0.0613. The van der Waals surface area contributed by atoms with Gasteiger partial charge in [0.25, 0.3) is 5.91 Å². The molecular formula is C16H22N4O. The molecule has 0 aliphatic carbocycles. The SMILES string of the molecule is CCn1cc(N)cc1C(=O)N1CCn2c(C)ccc2C1C. The minimum atomic E-state index is 0.0613. The van der Waals surface area contributed by atoms with Crippen LogP contribution < -0.4 is 5.73 Å². The molecule has 5 heteroatoms. The van der Waals surface area contributed by atoms with Crippen LogP contribution in [0.15, 0.2) is 24.4 Å². The van der Waals surface area contributed by atoms with Crippen LogP contribution in [-0.2, 0) is 13.1 Å². The predicted octanol–water partition coefficient (Wildman–Crippen LogP) is 2.42. The van der Waals surface area contributed by atoms with E-state index < -0.39 is 0 Å². The number of fused-ring (bicyclic) bond motifs is 1. The highest BCUT2D eigenvalue weighted by molar-refractivity contribution is 5.94. The number of amides is 1. The summed E-state index contributed by atoms with van der Waals surface area (Å²) in [4.78, 5) is 14.8. The first-order chi connectivity index (χ1) is 10.0. The van der Waals surface area contributed by atoms with E-state index in [4.69, 9.17) is 5.73 Å². The number of rotatable bonds is 2. The van der Waals surface area contributed by atoms with Crippen molar-refractivity contribution in [3.05, 3.63) is 41.5 Å². The molecule has 0 aromatic carbocycles. The van der Waals surface area contributed by atoms with E-state index in [2.05, 4.69) is 30.5 Å². The van der Waals surface area contributed by atoms with Gasteiger partial charge in [-0.1, -0.05) is 0 Å². The number of hydrogen-bond acceptors (Lipinski definition) is 2. The Morgan fingerprint density at radius 3 is 2.86 bits per heavy atom. The van der Waals surface area contributed by atoms with Crippen molar-refractivity contribution in [2.24, 2.45) is 0 Å². The third-order valence-electron chi connectivity index (χ3n) is 4.43. The lowest BCUT2D eigenvalue weighted by Gasteiger charge is -2.35. The van der Waals surface area contributed by atoms with Crippen LogP contribution in [-0.4, -0.2) is 26.5 Å². The third kappa shape index (κ3) is 2.13. The van der Waals surface area contributed by atoms with Gasteiger partial charge in [0.15, 0.2) is 0 Å². The normalized spacial score (nSPS) is 17.9. The molecule has 3 heterocycles. The second-order valence-corrected chi connectivity index (χ2v) is 5.67. The van der Waals surface area contributed by atoms with E-state index in [1.54, 1.807) is 6.07 Å². The molecule has 112 valence electrons. The molecule has 1 atom stereocenters. The first kappa shape index (κ1) is 13.8. The van der Waals surface area contributed by atoms with E-state index in [0.717, 1.165) is 19.6 Å². The lowest BCUT2D eigenvalue weighted by Crippen LogP contribution is -2.41. The Kier molecular flexibility index (Phi) is 3.27. The smallest absolute Gasteiger partial charge is 0.271 e. The largest absolute Gasteiger partial charge is 0.397 e. The summed E-state index contributed by atoms with van der Waals surface area (Å²) in [6.07, 6.45) is 1.83. The number of nitrogen functional groups attached to an aromatic ring is 1. The van der Waals surface area contributed by atoms with E-state index in [0.29, 0.717) is 11.4 Å². The summed E-state index contributed by atoms with van der Waals surface area (Å²) in [6.45, 7) is 8.55. The summed E-state index contributed by atoms with van der Waals surface area (Å²) in [5.74, 6) is 0.0613. The quantitative estimate of drug-likeness (QED) is 0.921. The number of carbonyl (C=O) groups excluding carboxylic acids is 1. The van der Waals surface area contributed by atoms with Crippen LogP contribution in [0, 0.1) is 6.92 Å². The summed E-state index contributed by atoms with van der Waals surface area (Å²) >= 11 is 0. The van der Waals surface area contributed by atoms with Gasteiger partial charge in [0.05, 0.1) is 11.7 Å². The molecule has 1 amide bonds. The fourth-order valence-corrected chi connectivity index (χ4v) is 3.22. The first-order valence-electron chi connectivity index (χ1n) is 7.45. The van der Waals surface area contributed by atoms with Gasteiger partial charge in [-0.2, -0.15) is 0 Å². The van der Waals surface area contributed by atoms with E-state index in [9.17, 15) is 4.79 Å². The molecule has 2 N–H and O–H groups in total. The van der Waals surface area contributed by atoms with Crippen molar-refractivity contribution < 1.29 is 4.79 Å². The van der Waals surface area contributed by atoms with Crippen LogP contribution in [0.5, 0.6) is 0 Å². The second-order valence-electron chi connectivity index (χ2n) is 5.67. The van der Waals surface area contributed by atoms with Gasteiger partial charge in [-0.05, 0) is 39.0 Å². The van der Waals surface area contributed by atoms with Crippen LogP contribution in [0.3, 0.4) is 0 Å². The predicted molar refractivity (Wildman–Crippen MR) is 83.1 cm³/mol. The number of aromatic nitrogens is 2. The highest BCUT2D eigenvalue weighted by atomic mass is 16.2. The fourth-order valence-electron chi connectivity index (χ4n) is 3.22. The number of nitrogens with two attached hydrogens (primary N) is 1. The monoisotopic (exact) mass is 286 g/mol. The highest BCUT2D eigenvalue weighted by Crippen LogP contribution is 2.29. The minimum Gasteiger partial charge on any atom is -0.397 e. The standard InChI is InChI=1S/C16H22N4O/c1-4-18-10-13(17)9-15(18)16(21)20-8-7-19-11(2)5-6-14(19)12(20)3/h5-6,9-10,12H,4,7-8,17H2,1-3H3. The molecule has 2 aromatic rings. The summed E-state index contributed by atoms with van der Waals surface area (Å²) in [5.41, 5.74) is 9.62. The highest BCUT2D eigenvalue weighted by Gasteiger charge is 2.30. The van der Waals surface area contributed by atoms with Gasteiger partial charge in [0.1, 0.15) is 5.69 Å². The molecule has 0 saturated heterocycles. The maximum atomic E-state index is 12.9. The number of hydrogen-bond donors (Lipinski definition) is 1. The average Bonchev–Trinajstić information content (AvgIpc) is 3.03. The van der Waals surface area contributed by atoms with Crippen molar-refractivity contribution >= 4 is 11.6 Å². The number of aryl methyl sites for hydroxylation is 2. The summed E-state index contributed by atoms with van der Waals surface area (Å²) in [5, 5.41) is 0. The van der Waals surface area contributed by atoms with Crippen LogP contribution in [0.1, 0.15) is 41.8 Å². The first-order valence-corrected chi connectivity index (χ1v) is 7.45. The van der Waals surface area contributed by atoms with Crippen molar-refractivity contribution in [1.29, 1.82) is 0 Å². The Balaban J connectivity index is 1.92. The van der Waals surface area contributed by atoms with Gasteiger partial charge in [-0.3, -0.25) is 4.79 Å². The van der Waals surface area contributed by atoms with Crippen LogP contribution in [0.4, 0.5) is 5.69 Å². The van der Waals surface area contributed by atoms with Gasteiger partial charge < -0.3 is 19.8 Å². The van der Waals surface area contributed by atoms with Crippen molar-refractivity contribution in [2.45, 2.75) is 39.9 Å². The summed E-state index contributed by atoms with van der Waals surface area (Å²) in [7, 11) is 0. The molecule has 21 heavy (non-hydrogen) atoms. The van der Waals surface area contributed by atoms with Crippen molar-refractivity contribution in [2.75, 3.05) is 12.3 Å². The summed E-state index contributed by atoms with van der Waals surface area (Å²) < 4.78 is 4.21. The molecule has 1 aliphatic rings. The maximum Gasteiger partial charge on any atom is 0.271 e. The lowest BCUT2D eigenvalue weighted by molar-refractivity contribution is 0.0632. The van der Waals surface area contributed by atoms with E-state index in [1.165, 1.54) is 11.4 Å². The Hall–Kier alpha value is -2.17. The zero-order valence-corrected chi connectivity index (χ0v) is 12.8. The molecule has 0 saturated carbocycles. The Morgan fingerprint density at radius 1 is 1.38 bits per heavy atom. The molecule has 0 fully saturated rings. The zero-order valence-electron chi connectivity index (χ0n) is 12.8. The Bertz CT molecular complexity index is 683. The van der Waals surface area contributed by atoms with Crippen molar-refractivity contribution in [1.82, 2.24) is 14.0 Å². The number of carbonyl (C=O) groups is 1. The van der Waals surface area contributed by atoms with Crippen LogP contribution >= 0.6 is 0 Å². The molecule has 0 bridgehead atoms. The molecular weight excluding hydrogens is 264 g/mol. The molecule has 1 unspecified atom stereocenters. The van der Waals surface area contributed by atoms with Crippen molar-refractivity contribution in [3.8, 4) is 0 Å². The van der Waals surface area contributed by atoms with E-state index >= 15 is 0 Å². The zero-order chi connectivity index (χ0) is 15.1. The average molecular weight is 286 g/mol. The molecule has 1 aliphatic heterocycles. The maximum absolute atomic E-state index is 12.9. The second kappa shape index (κ2) is 4.98. The molecule has 5 nitrogen and oxygen atoms in total. The van der Waals surface area contributed by atoms with Gasteiger partial charge in [-0.15, -0.1) is 0 Å².